The van der Waals surface area contributed by atoms with Crippen LogP contribution in [0.25, 0.3) is 0 Å². The molecule has 2 rings (SSSR count). The minimum Gasteiger partial charge on any atom is -0.399 e. The molecule has 7 heteroatoms. The highest BCUT2D eigenvalue weighted by Crippen LogP contribution is 2.32. The summed E-state index contributed by atoms with van der Waals surface area (Å²) < 4.78 is 6.63. The monoisotopic (exact) mass is 345 g/mol. The van der Waals surface area contributed by atoms with Gasteiger partial charge in [0.2, 0.25) is 0 Å². The number of nitrogens with two attached hydrogens (primary N) is 2. The van der Waals surface area contributed by atoms with Crippen LogP contribution in [-0.2, 0) is 9.53 Å². The maximum atomic E-state index is 11.3. The number of carbonyl (C=O) groups excluding carboxylic acids is 1. The molecule has 2 unspecified atom stereocenters. The second-order valence-corrected chi connectivity index (χ2v) is 6.25. The topological polar surface area (TPSA) is 90.4 Å². The summed E-state index contributed by atoms with van der Waals surface area (Å²) in [7, 11) is 0. The summed E-state index contributed by atoms with van der Waals surface area (Å²) in [4.78, 5) is 12.5. The average molecular weight is 346 g/mol. The lowest BCUT2D eigenvalue weighted by Crippen LogP contribution is -2.39. The number of thioether (sulfide) groups is 1. The number of nitrogens with one attached hydrogen (secondary N) is 1. The van der Waals surface area contributed by atoms with Crippen LogP contribution >= 0.6 is 27.7 Å². The summed E-state index contributed by atoms with van der Waals surface area (Å²) >= 11 is 5.16. The van der Waals surface area contributed by atoms with E-state index in [1.807, 2.05) is 18.2 Å². The lowest BCUT2D eigenvalue weighted by molar-refractivity contribution is -0.131. The number of halogens is 1. The molecule has 1 fully saturated rings. The van der Waals surface area contributed by atoms with E-state index in [0.29, 0.717) is 0 Å². The molecule has 0 radical (unpaired) electrons. The summed E-state index contributed by atoms with van der Waals surface area (Å²) in [6.07, 6.45) is 1.26. The molecule has 5 nitrogen and oxygen atoms in total. The maximum Gasteiger partial charge on any atom is 0.263 e. The number of hydrazine groups is 1. The predicted molar refractivity (Wildman–Crippen MR) is 79.5 cm³/mol. The molecule has 1 heterocycles. The van der Waals surface area contributed by atoms with Crippen LogP contribution in [0.1, 0.15) is 12.8 Å². The van der Waals surface area contributed by atoms with Crippen molar-refractivity contribution in [2.45, 2.75) is 29.9 Å². The molecule has 0 aliphatic carbocycles. The quantitative estimate of drug-likeness (QED) is 0.254. The second-order valence-electron chi connectivity index (χ2n) is 4.33. The van der Waals surface area contributed by atoms with Gasteiger partial charge in [0, 0.05) is 20.8 Å². The molecule has 0 saturated carbocycles. The molecule has 1 aromatic carbocycles. The van der Waals surface area contributed by atoms with E-state index in [1.165, 1.54) is 0 Å². The molecule has 0 aromatic heterocycles. The number of benzene rings is 1. The third-order valence-corrected chi connectivity index (χ3v) is 5.05. The molecule has 0 bridgehead atoms. The SMILES string of the molecule is NNC(=O)C1CCC(CSc2ccc(N)cc2Br)O1. The molecule has 1 aliphatic heterocycles. The zero-order chi connectivity index (χ0) is 13.8. The Hall–Kier alpha value is -0.760. The molecule has 1 saturated heterocycles. The fourth-order valence-electron chi connectivity index (χ4n) is 1.93. The van der Waals surface area contributed by atoms with Crippen molar-refractivity contribution in [2.75, 3.05) is 11.5 Å². The molecular formula is C12H16BrN3O2S. The van der Waals surface area contributed by atoms with Crippen molar-refractivity contribution < 1.29 is 9.53 Å². The van der Waals surface area contributed by atoms with Crippen molar-refractivity contribution in [1.29, 1.82) is 0 Å². The summed E-state index contributed by atoms with van der Waals surface area (Å²) in [6.45, 7) is 0. The highest BCUT2D eigenvalue weighted by molar-refractivity contribution is 9.10. The number of rotatable bonds is 4. The van der Waals surface area contributed by atoms with Crippen LogP contribution in [0.15, 0.2) is 27.6 Å². The average Bonchev–Trinajstić information content (AvgIpc) is 2.85. The van der Waals surface area contributed by atoms with Crippen LogP contribution in [0, 0.1) is 0 Å². The Kier molecular flexibility index (Phi) is 5.09. The lowest BCUT2D eigenvalue weighted by Gasteiger charge is -2.13. The summed E-state index contributed by atoms with van der Waals surface area (Å²) in [5.41, 5.74) is 8.55. The third kappa shape index (κ3) is 3.85. The summed E-state index contributed by atoms with van der Waals surface area (Å²) in [5, 5.41) is 0. The number of anilines is 1. The Labute approximate surface area is 124 Å². The van der Waals surface area contributed by atoms with E-state index >= 15 is 0 Å². The fourth-order valence-corrected chi connectivity index (χ4v) is 3.64. The van der Waals surface area contributed by atoms with Gasteiger partial charge in [0.15, 0.2) is 0 Å². The molecule has 1 amide bonds. The molecule has 104 valence electrons. The van der Waals surface area contributed by atoms with Gasteiger partial charge in [-0.25, -0.2) is 5.84 Å². The Morgan fingerprint density at radius 2 is 2.32 bits per heavy atom. The first kappa shape index (κ1) is 14.6. The van der Waals surface area contributed by atoms with Crippen LogP contribution in [0.5, 0.6) is 0 Å². The van der Waals surface area contributed by atoms with Crippen molar-refractivity contribution >= 4 is 39.3 Å². The van der Waals surface area contributed by atoms with E-state index in [2.05, 4.69) is 21.4 Å². The largest absolute Gasteiger partial charge is 0.399 e. The number of ether oxygens (including phenoxy) is 1. The third-order valence-electron chi connectivity index (χ3n) is 2.92. The summed E-state index contributed by atoms with van der Waals surface area (Å²) in [6, 6.07) is 5.72. The minimum absolute atomic E-state index is 0.0803. The normalized spacial score (nSPS) is 22.4. The molecule has 0 spiro atoms. The van der Waals surface area contributed by atoms with Gasteiger partial charge >= 0.3 is 0 Å². The highest BCUT2D eigenvalue weighted by Gasteiger charge is 2.30. The van der Waals surface area contributed by atoms with Crippen molar-refractivity contribution in [1.82, 2.24) is 5.43 Å². The van der Waals surface area contributed by atoms with Gasteiger partial charge in [-0.15, -0.1) is 11.8 Å². The summed E-state index contributed by atoms with van der Waals surface area (Å²) in [5.74, 6) is 5.65. The van der Waals surface area contributed by atoms with E-state index in [1.54, 1.807) is 11.8 Å². The lowest BCUT2D eigenvalue weighted by atomic mass is 10.2. The Morgan fingerprint density at radius 3 is 3.00 bits per heavy atom. The first-order valence-electron chi connectivity index (χ1n) is 5.94. The van der Waals surface area contributed by atoms with Crippen molar-refractivity contribution in [3.8, 4) is 0 Å². The van der Waals surface area contributed by atoms with Crippen LogP contribution in [0.3, 0.4) is 0 Å². The first-order valence-corrected chi connectivity index (χ1v) is 7.71. The highest BCUT2D eigenvalue weighted by atomic mass is 79.9. The first-order chi connectivity index (χ1) is 9.10. The van der Waals surface area contributed by atoms with E-state index in [0.717, 1.165) is 33.7 Å². The Bertz CT molecular complexity index is 472. The zero-order valence-electron chi connectivity index (χ0n) is 10.3. The van der Waals surface area contributed by atoms with Gasteiger partial charge in [-0.1, -0.05) is 0 Å². The smallest absolute Gasteiger partial charge is 0.263 e. The van der Waals surface area contributed by atoms with Crippen LogP contribution in [0.2, 0.25) is 0 Å². The van der Waals surface area contributed by atoms with Gasteiger partial charge in [-0.05, 0) is 47.0 Å². The Morgan fingerprint density at radius 1 is 1.53 bits per heavy atom. The Balaban J connectivity index is 1.85. The van der Waals surface area contributed by atoms with Gasteiger partial charge < -0.3 is 10.5 Å². The van der Waals surface area contributed by atoms with Gasteiger partial charge in [-0.3, -0.25) is 10.2 Å². The number of carbonyl (C=O) groups is 1. The van der Waals surface area contributed by atoms with Crippen LogP contribution < -0.4 is 17.0 Å². The van der Waals surface area contributed by atoms with Crippen molar-refractivity contribution in [2.24, 2.45) is 5.84 Å². The number of nitrogen functional groups attached to an aromatic ring is 1. The predicted octanol–water partition coefficient (Wildman–Crippen LogP) is 1.66. The maximum absolute atomic E-state index is 11.3. The van der Waals surface area contributed by atoms with E-state index < -0.39 is 6.10 Å². The molecule has 5 N–H and O–H groups in total. The van der Waals surface area contributed by atoms with E-state index in [9.17, 15) is 4.79 Å². The number of hydrogen-bond acceptors (Lipinski definition) is 5. The molecule has 2 atom stereocenters. The van der Waals surface area contributed by atoms with E-state index in [4.69, 9.17) is 16.3 Å². The zero-order valence-corrected chi connectivity index (χ0v) is 12.7. The number of amides is 1. The number of hydrogen-bond donors (Lipinski definition) is 3. The fraction of sp³-hybridized carbons (Fsp3) is 0.417. The van der Waals surface area contributed by atoms with Gasteiger partial charge in [-0.2, -0.15) is 0 Å². The van der Waals surface area contributed by atoms with Gasteiger partial charge in [0.1, 0.15) is 6.10 Å². The van der Waals surface area contributed by atoms with Gasteiger partial charge in [0.05, 0.1) is 6.10 Å². The van der Waals surface area contributed by atoms with Gasteiger partial charge in [0.25, 0.3) is 5.91 Å². The second kappa shape index (κ2) is 6.60. The van der Waals surface area contributed by atoms with Crippen molar-refractivity contribution in [3.05, 3.63) is 22.7 Å². The van der Waals surface area contributed by atoms with Crippen LogP contribution in [0.4, 0.5) is 5.69 Å². The standard InChI is InChI=1S/C12H16BrN3O2S/c13-9-5-7(14)1-4-11(9)19-6-8-2-3-10(18-8)12(17)16-15/h1,4-5,8,10H,2-3,6,14-15H2,(H,16,17). The minimum atomic E-state index is -0.412. The van der Waals surface area contributed by atoms with Crippen molar-refractivity contribution in [3.63, 3.8) is 0 Å². The molecular weight excluding hydrogens is 330 g/mol. The van der Waals surface area contributed by atoms with E-state index in [-0.39, 0.29) is 12.0 Å². The molecule has 19 heavy (non-hydrogen) atoms. The molecule has 1 aromatic rings. The molecule has 1 aliphatic rings. The van der Waals surface area contributed by atoms with Crippen LogP contribution in [-0.4, -0.2) is 23.9 Å².